The normalized spacial score (nSPS) is 15.9. The molecule has 5 heteroatoms. The molecule has 0 radical (unpaired) electrons. The van der Waals surface area contributed by atoms with Crippen LogP contribution in [0.2, 0.25) is 0 Å². The van der Waals surface area contributed by atoms with E-state index < -0.39 is 5.97 Å². The molecule has 1 aromatic rings. The Kier molecular flexibility index (Phi) is 5.35. The summed E-state index contributed by atoms with van der Waals surface area (Å²) in [4.78, 5) is 17.8. The minimum absolute atomic E-state index is 0.104. The first kappa shape index (κ1) is 14.8. The summed E-state index contributed by atoms with van der Waals surface area (Å²) in [6.07, 6.45) is 7.62. The van der Waals surface area contributed by atoms with Crippen molar-refractivity contribution in [3.05, 3.63) is 24.0 Å². The molecule has 0 amide bonds. The zero-order chi connectivity index (χ0) is 14.4. The van der Waals surface area contributed by atoms with Crippen LogP contribution in [0.4, 0.5) is 5.69 Å². The summed E-state index contributed by atoms with van der Waals surface area (Å²) >= 11 is 0. The predicted molar refractivity (Wildman–Crippen MR) is 76.9 cm³/mol. The lowest BCUT2D eigenvalue weighted by Gasteiger charge is -2.35. The summed E-state index contributed by atoms with van der Waals surface area (Å²) in [6.45, 7) is 0.682. The van der Waals surface area contributed by atoms with Gasteiger partial charge in [-0.3, -0.25) is 0 Å². The fourth-order valence-electron chi connectivity index (χ4n) is 2.84. The number of aliphatic hydroxyl groups excluding tert-OH is 1. The summed E-state index contributed by atoms with van der Waals surface area (Å²) in [5, 5.41) is 9.30. The van der Waals surface area contributed by atoms with Gasteiger partial charge in [-0.05, 0) is 25.0 Å². The molecule has 0 unspecified atom stereocenters. The summed E-state index contributed by atoms with van der Waals surface area (Å²) < 4.78 is 4.71. The SMILES string of the molecule is COC(=O)c1cc(N(CCO)C2CCCCC2)ccn1. The third-order valence-electron chi connectivity index (χ3n) is 3.83. The average Bonchev–Trinajstić information content (AvgIpc) is 2.52. The number of methoxy groups -OCH3 is 1. The predicted octanol–water partition coefficient (Wildman–Crippen LogP) is 2.00. The van der Waals surface area contributed by atoms with Gasteiger partial charge in [-0.1, -0.05) is 19.3 Å². The van der Waals surface area contributed by atoms with E-state index in [1.807, 2.05) is 6.07 Å². The van der Waals surface area contributed by atoms with Crippen LogP contribution in [0.3, 0.4) is 0 Å². The van der Waals surface area contributed by atoms with Crippen LogP contribution in [0.1, 0.15) is 42.6 Å². The highest BCUT2D eigenvalue weighted by molar-refractivity contribution is 5.88. The van der Waals surface area contributed by atoms with E-state index in [1.54, 1.807) is 12.3 Å². The minimum Gasteiger partial charge on any atom is -0.464 e. The van der Waals surface area contributed by atoms with Crippen molar-refractivity contribution in [3.63, 3.8) is 0 Å². The number of anilines is 1. The van der Waals surface area contributed by atoms with E-state index in [0.29, 0.717) is 18.3 Å². The summed E-state index contributed by atoms with van der Waals surface area (Å²) in [6, 6.07) is 4.07. The van der Waals surface area contributed by atoms with Gasteiger partial charge in [-0.25, -0.2) is 9.78 Å². The molecule has 5 nitrogen and oxygen atoms in total. The fourth-order valence-corrected chi connectivity index (χ4v) is 2.84. The number of aromatic nitrogens is 1. The van der Waals surface area contributed by atoms with E-state index >= 15 is 0 Å². The van der Waals surface area contributed by atoms with E-state index in [2.05, 4.69) is 9.88 Å². The van der Waals surface area contributed by atoms with Crippen LogP contribution in [0.15, 0.2) is 18.3 Å². The number of nitrogens with zero attached hydrogens (tertiary/aromatic N) is 2. The first-order valence-corrected chi connectivity index (χ1v) is 7.18. The molecule has 0 aliphatic heterocycles. The van der Waals surface area contributed by atoms with Crippen molar-refractivity contribution in [2.75, 3.05) is 25.2 Å². The quantitative estimate of drug-likeness (QED) is 0.835. The third kappa shape index (κ3) is 3.48. The molecular formula is C15H22N2O3. The summed E-state index contributed by atoms with van der Waals surface area (Å²) in [5.74, 6) is -0.431. The van der Waals surface area contributed by atoms with Crippen LogP contribution in [0, 0.1) is 0 Å². The second kappa shape index (κ2) is 7.24. The Bertz CT molecular complexity index is 444. The topological polar surface area (TPSA) is 62.7 Å². The number of hydrogen-bond acceptors (Lipinski definition) is 5. The number of carbonyl (C=O) groups excluding carboxylic acids is 1. The van der Waals surface area contributed by atoms with E-state index in [-0.39, 0.29) is 6.61 Å². The van der Waals surface area contributed by atoms with Gasteiger partial charge < -0.3 is 14.7 Å². The smallest absolute Gasteiger partial charge is 0.356 e. The van der Waals surface area contributed by atoms with Crippen LogP contribution < -0.4 is 4.90 Å². The van der Waals surface area contributed by atoms with Gasteiger partial charge in [0.25, 0.3) is 0 Å². The largest absolute Gasteiger partial charge is 0.464 e. The number of aliphatic hydroxyl groups is 1. The second-order valence-corrected chi connectivity index (χ2v) is 5.10. The van der Waals surface area contributed by atoms with Gasteiger partial charge in [0.15, 0.2) is 0 Å². The number of hydrogen-bond donors (Lipinski definition) is 1. The van der Waals surface area contributed by atoms with Crippen LogP contribution in [0.5, 0.6) is 0 Å². The molecule has 1 aromatic heterocycles. The molecule has 1 saturated carbocycles. The lowest BCUT2D eigenvalue weighted by atomic mass is 9.94. The average molecular weight is 278 g/mol. The highest BCUT2D eigenvalue weighted by Crippen LogP contribution is 2.27. The molecule has 110 valence electrons. The molecule has 1 heterocycles. The third-order valence-corrected chi connectivity index (χ3v) is 3.83. The maximum Gasteiger partial charge on any atom is 0.356 e. The lowest BCUT2D eigenvalue weighted by molar-refractivity contribution is 0.0594. The number of esters is 1. The molecule has 1 aliphatic carbocycles. The lowest BCUT2D eigenvalue weighted by Crippen LogP contribution is -2.39. The molecular weight excluding hydrogens is 256 g/mol. The molecule has 1 aliphatic rings. The van der Waals surface area contributed by atoms with Crippen molar-refractivity contribution in [1.82, 2.24) is 4.98 Å². The number of rotatable bonds is 5. The molecule has 0 spiro atoms. The number of ether oxygens (including phenoxy) is 1. The molecule has 0 saturated heterocycles. The Balaban J connectivity index is 2.21. The molecule has 2 rings (SSSR count). The van der Waals surface area contributed by atoms with Crippen LogP contribution in [0.25, 0.3) is 0 Å². The number of carbonyl (C=O) groups is 1. The van der Waals surface area contributed by atoms with E-state index in [9.17, 15) is 9.90 Å². The van der Waals surface area contributed by atoms with Crippen molar-refractivity contribution < 1.29 is 14.6 Å². The maximum atomic E-state index is 11.6. The Hall–Kier alpha value is -1.62. The van der Waals surface area contributed by atoms with Gasteiger partial charge >= 0.3 is 5.97 Å². The first-order valence-electron chi connectivity index (χ1n) is 7.18. The van der Waals surface area contributed by atoms with Gasteiger partial charge in [0.05, 0.1) is 13.7 Å². The Morgan fingerprint density at radius 3 is 2.85 bits per heavy atom. The zero-order valence-electron chi connectivity index (χ0n) is 11.9. The van der Waals surface area contributed by atoms with E-state index in [1.165, 1.54) is 26.4 Å². The van der Waals surface area contributed by atoms with E-state index in [4.69, 9.17) is 4.74 Å². The standard InChI is InChI=1S/C15H22N2O3/c1-20-15(19)14-11-13(7-8-16-14)17(9-10-18)12-5-3-2-4-6-12/h7-8,11-12,18H,2-6,9-10H2,1H3. The Morgan fingerprint density at radius 1 is 1.45 bits per heavy atom. The van der Waals surface area contributed by atoms with Gasteiger partial charge in [0.2, 0.25) is 0 Å². The van der Waals surface area contributed by atoms with Crippen LogP contribution in [-0.4, -0.2) is 42.4 Å². The summed E-state index contributed by atoms with van der Waals surface area (Å²) in [7, 11) is 1.35. The van der Waals surface area contributed by atoms with Crippen molar-refractivity contribution in [2.45, 2.75) is 38.1 Å². The molecule has 1 N–H and O–H groups in total. The van der Waals surface area contributed by atoms with Crippen LogP contribution in [-0.2, 0) is 4.74 Å². The molecule has 0 aromatic carbocycles. The van der Waals surface area contributed by atoms with Gasteiger partial charge in [0.1, 0.15) is 5.69 Å². The molecule has 20 heavy (non-hydrogen) atoms. The van der Waals surface area contributed by atoms with Gasteiger partial charge in [-0.2, -0.15) is 0 Å². The molecule has 1 fully saturated rings. The first-order chi connectivity index (χ1) is 9.76. The van der Waals surface area contributed by atoms with Gasteiger partial charge in [-0.15, -0.1) is 0 Å². The highest BCUT2D eigenvalue weighted by atomic mass is 16.5. The van der Waals surface area contributed by atoms with E-state index in [0.717, 1.165) is 18.5 Å². The molecule has 0 bridgehead atoms. The number of pyridine rings is 1. The second-order valence-electron chi connectivity index (χ2n) is 5.10. The maximum absolute atomic E-state index is 11.6. The Morgan fingerprint density at radius 2 is 2.20 bits per heavy atom. The zero-order valence-corrected chi connectivity index (χ0v) is 11.9. The van der Waals surface area contributed by atoms with Crippen molar-refractivity contribution >= 4 is 11.7 Å². The highest BCUT2D eigenvalue weighted by Gasteiger charge is 2.22. The van der Waals surface area contributed by atoms with Gasteiger partial charge in [0, 0.05) is 24.5 Å². The van der Waals surface area contributed by atoms with Crippen molar-refractivity contribution in [3.8, 4) is 0 Å². The summed E-state index contributed by atoms with van der Waals surface area (Å²) in [5.41, 5.74) is 1.24. The fraction of sp³-hybridized carbons (Fsp3) is 0.600. The van der Waals surface area contributed by atoms with Crippen molar-refractivity contribution in [1.29, 1.82) is 0 Å². The Labute approximate surface area is 119 Å². The van der Waals surface area contributed by atoms with Crippen LogP contribution >= 0.6 is 0 Å². The minimum atomic E-state index is -0.431. The monoisotopic (exact) mass is 278 g/mol. The molecule has 0 atom stereocenters. The van der Waals surface area contributed by atoms with Crippen molar-refractivity contribution in [2.24, 2.45) is 0 Å².